The maximum absolute atomic E-state index is 10.7. The first-order valence-corrected chi connectivity index (χ1v) is 5.74. The molecule has 0 spiro atoms. The summed E-state index contributed by atoms with van der Waals surface area (Å²) in [7, 11) is 0. The predicted molar refractivity (Wildman–Crippen MR) is 74.7 cm³/mol. The van der Waals surface area contributed by atoms with Crippen molar-refractivity contribution in [2.45, 2.75) is 19.9 Å². The molecule has 0 heterocycles. The van der Waals surface area contributed by atoms with E-state index < -0.39 is 4.92 Å². The number of nitrogens with zero attached hydrogens (tertiary/aromatic N) is 2. The molecule has 0 amide bonds. The number of rotatable bonds is 4. The Morgan fingerprint density at radius 3 is 2.78 bits per heavy atom. The van der Waals surface area contributed by atoms with E-state index in [0.29, 0.717) is 10.7 Å². The summed E-state index contributed by atoms with van der Waals surface area (Å²) in [5, 5.41) is 17.9. The lowest BCUT2D eigenvalue weighted by molar-refractivity contribution is -0.385. The highest BCUT2D eigenvalue weighted by Gasteiger charge is 2.09. The minimum Gasteiger partial charge on any atom is -0.359 e. The smallest absolute Gasteiger partial charge is 0.278 e. The number of hydrazone groups is 1. The van der Waals surface area contributed by atoms with Crippen LogP contribution in [0, 0.1) is 10.1 Å². The summed E-state index contributed by atoms with van der Waals surface area (Å²) in [5.74, 6) is 0. The number of nitrogens with one attached hydrogen (secondary N) is 2. The molecule has 0 aliphatic heterocycles. The number of nitro groups is 1. The van der Waals surface area contributed by atoms with E-state index in [1.54, 1.807) is 18.2 Å². The van der Waals surface area contributed by atoms with Crippen molar-refractivity contribution < 1.29 is 4.92 Å². The average molecular weight is 266 g/mol. The molecule has 18 heavy (non-hydrogen) atoms. The fourth-order valence-corrected chi connectivity index (χ4v) is 1.51. The molecule has 6 nitrogen and oxygen atoms in total. The van der Waals surface area contributed by atoms with E-state index in [0.717, 1.165) is 0 Å². The lowest BCUT2D eigenvalue weighted by Crippen LogP contribution is -2.36. The molecule has 1 aromatic carbocycles. The van der Waals surface area contributed by atoms with Crippen LogP contribution in [0.2, 0.25) is 0 Å². The first-order valence-electron chi connectivity index (χ1n) is 5.33. The number of thiocarbonyl (C=S) groups is 1. The van der Waals surface area contributed by atoms with Crippen molar-refractivity contribution in [3.63, 3.8) is 0 Å². The van der Waals surface area contributed by atoms with Crippen molar-refractivity contribution in [1.29, 1.82) is 0 Å². The molecule has 1 aromatic rings. The van der Waals surface area contributed by atoms with Crippen molar-refractivity contribution >= 4 is 29.2 Å². The predicted octanol–water partition coefficient (Wildman–Crippen LogP) is 1.80. The molecule has 0 aliphatic rings. The number of hydrogen-bond donors (Lipinski definition) is 2. The van der Waals surface area contributed by atoms with Gasteiger partial charge in [0.1, 0.15) is 0 Å². The van der Waals surface area contributed by atoms with Gasteiger partial charge in [-0.3, -0.25) is 15.5 Å². The monoisotopic (exact) mass is 266 g/mol. The highest BCUT2D eigenvalue weighted by Crippen LogP contribution is 2.14. The van der Waals surface area contributed by atoms with Crippen molar-refractivity contribution in [3.05, 3.63) is 39.9 Å². The normalized spacial score (nSPS) is 10.6. The summed E-state index contributed by atoms with van der Waals surface area (Å²) in [6.07, 6.45) is 1.37. The molecule has 0 aromatic heterocycles. The van der Waals surface area contributed by atoms with Crippen LogP contribution in [0.25, 0.3) is 0 Å². The minimum absolute atomic E-state index is 0.00536. The Hall–Kier alpha value is -2.02. The third-order valence-corrected chi connectivity index (χ3v) is 2.13. The van der Waals surface area contributed by atoms with E-state index in [9.17, 15) is 10.1 Å². The van der Waals surface area contributed by atoms with Crippen molar-refractivity contribution in [1.82, 2.24) is 10.7 Å². The fourth-order valence-electron chi connectivity index (χ4n) is 1.22. The van der Waals surface area contributed by atoms with Gasteiger partial charge in [0.15, 0.2) is 5.11 Å². The fraction of sp³-hybridized carbons (Fsp3) is 0.273. The Kier molecular flexibility index (Phi) is 5.19. The van der Waals surface area contributed by atoms with E-state index in [2.05, 4.69) is 15.8 Å². The summed E-state index contributed by atoms with van der Waals surface area (Å²) in [6, 6.07) is 6.55. The molecule has 96 valence electrons. The van der Waals surface area contributed by atoms with Gasteiger partial charge in [0.25, 0.3) is 5.69 Å². The first kappa shape index (κ1) is 14.0. The summed E-state index contributed by atoms with van der Waals surface area (Å²) in [6.45, 7) is 3.89. The van der Waals surface area contributed by atoms with Crippen LogP contribution in [-0.2, 0) is 0 Å². The minimum atomic E-state index is -0.452. The Labute approximate surface area is 110 Å². The molecule has 0 bridgehead atoms. The SMILES string of the molecule is CC(C)NC(=S)NN=Cc1ccccc1[N+](=O)[O-]. The Morgan fingerprint density at radius 1 is 1.50 bits per heavy atom. The van der Waals surface area contributed by atoms with Crippen LogP contribution in [-0.4, -0.2) is 22.3 Å². The van der Waals surface area contributed by atoms with Gasteiger partial charge in [0.2, 0.25) is 0 Å². The quantitative estimate of drug-likeness (QED) is 0.376. The standard InChI is InChI=1S/C11H14N4O2S/c1-8(2)13-11(18)14-12-7-9-5-3-4-6-10(9)15(16)17/h3-8H,1-2H3,(H2,13,14,18). The van der Waals surface area contributed by atoms with Crippen LogP contribution >= 0.6 is 12.2 Å². The number of benzene rings is 1. The maximum Gasteiger partial charge on any atom is 0.278 e. The second-order valence-corrected chi connectivity index (χ2v) is 4.22. The number of hydrogen-bond acceptors (Lipinski definition) is 4. The summed E-state index contributed by atoms with van der Waals surface area (Å²) < 4.78 is 0. The van der Waals surface area contributed by atoms with Crippen molar-refractivity contribution in [2.75, 3.05) is 0 Å². The second-order valence-electron chi connectivity index (χ2n) is 3.81. The third kappa shape index (κ3) is 4.46. The second kappa shape index (κ2) is 6.65. The molecule has 0 aliphatic carbocycles. The molecule has 0 saturated carbocycles. The molecule has 0 saturated heterocycles. The van der Waals surface area contributed by atoms with E-state index in [-0.39, 0.29) is 11.7 Å². The summed E-state index contributed by atoms with van der Waals surface area (Å²) in [4.78, 5) is 10.3. The van der Waals surface area contributed by atoms with Crippen molar-refractivity contribution in [3.8, 4) is 0 Å². The maximum atomic E-state index is 10.7. The van der Waals surface area contributed by atoms with Crippen LogP contribution in [0.1, 0.15) is 19.4 Å². The zero-order chi connectivity index (χ0) is 13.5. The van der Waals surface area contributed by atoms with Crippen LogP contribution in [0.3, 0.4) is 0 Å². The van der Waals surface area contributed by atoms with E-state index >= 15 is 0 Å². The molecule has 2 N–H and O–H groups in total. The van der Waals surface area contributed by atoms with Gasteiger partial charge in [0, 0.05) is 12.1 Å². The average Bonchev–Trinajstić information content (AvgIpc) is 2.28. The highest BCUT2D eigenvalue weighted by molar-refractivity contribution is 7.80. The van der Waals surface area contributed by atoms with E-state index in [4.69, 9.17) is 12.2 Å². The molecule has 0 unspecified atom stereocenters. The molecular formula is C11H14N4O2S. The summed E-state index contributed by atoms with van der Waals surface area (Å²) >= 11 is 4.96. The van der Waals surface area contributed by atoms with Gasteiger partial charge < -0.3 is 5.32 Å². The Morgan fingerprint density at radius 2 is 2.17 bits per heavy atom. The Bertz CT molecular complexity index is 474. The summed E-state index contributed by atoms with van der Waals surface area (Å²) in [5.41, 5.74) is 3.02. The van der Waals surface area contributed by atoms with Gasteiger partial charge in [-0.05, 0) is 32.1 Å². The molecular weight excluding hydrogens is 252 g/mol. The molecule has 7 heteroatoms. The van der Waals surface area contributed by atoms with Gasteiger partial charge in [-0.1, -0.05) is 12.1 Å². The van der Waals surface area contributed by atoms with Gasteiger partial charge in [-0.2, -0.15) is 5.10 Å². The van der Waals surface area contributed by atoms with Gasteiger partial charge in [-0.15, -0.1) is 0 Å². The van der Waals surface area contributed by atoms with Crippen LogP contribution in [0.5, 0.6) is 0 Å². The number of nitro benzene ring substituents is 1. The largest absolute Gasteiger partial charge is 0.359 e. The highest BCUT2D eigenvalue weighted by atomic mass is 32.1. The zero-order valence-corrected chi connectivity index (χ0v) is 10.9. The first-order chi connectivity index (χ1) is 8.50. The number of para-hydroxylation sites is 1. The van der Waals surface area contributed by atoms with E-state index in [1.807, 2.05) is 13.8 Å². The molecule has 1 rings (SSSR count). The van der Waals surface area contributed by atoms with Gasteiger partial charge in [-0.25, -0.2) is 0 Å². The third-order valence-electron chi connectivity index (χ3n) is 1.92. The van der Waals surface area contributed by atoms with Gasteiger partial charge in [0.05, 0.1) is 16.7 Å². The molecule has 0 atom stereocenters. The van der Waals surface area contributed by atoms with Crippen molar-refractivity contribution in [2.24, 2.45) is 5.10 Å². The zero-order valence-electron chi connectivity index (χ0n) is 10.1. The van der Waals surface area contributed by atoms with E-state index in [1.165, 1.54) is 12.3 Å². The van der Waals surface area contributed by atoms with Crippen LogP contribution < -0.4 is 10.7 Å². The van der Waals surface area contributed by atoms with Crippen LogP contribution in [0.4, 0.5) is 5.69 Å². The van der Waals surface area contributed by atoms with Gasteiger partial charge >= 0.3 is 0 Å². The lowest BCUT2D eigenvalue weighted by Gasteiger charge is -2.09. The molecule has 0 fully saturated rings. The molecule has 0 radical (unpaired) electrons. The lowest BCUT2D eigenvalue weighted by atomic mass is 10.2. The van der Waals surface area contributed by atoms with Crippen LogP contribution in [0.15, 0.2) is 29.4 Å². The Balaban J connectivity index is 2.68. The topological polar surface area (TPSA) is 79.6 Å².